The third-order valence-electron chi connectivity index (χ3n) is 4.80. The van der Waals surface area contributed by atoms with Gasteiger partial charge in [-0.1, -0.05) is 36.4 Å². The Balaban J connectivity index is 0.000000478. The zero-order valence-electron chi connectivity index (χ0n) is 18.0. The van der Waals surface area contributed by atoms with Crippen molar-refractivity contribution in [2.45, 2.75) is 25.0 Å². The van der Waals surface area contributed by atoms with Crippen LogP contribution in [0.15, 0.2) is 54.9 Å². The van der Waals surface area contributed by atoms with E-state index in [9.17, 15) is 4.21 Å². The van der Waals surface area contributed by atoms with Gasteiger partial charge in [-0.15, -0.1) is 10.2 Å². The van der Waals surface area contributed by atoms with Gasteiger partial charge in [0.15, 0.2) is 0 Å². The molecular formula is C22H28N4O4S. The highest BCUT2D eigenvalue weighted by atomic mass is 32.2. The van der Waals surface area contributed by atoms with Crippen LogP contribution in [0.5, 0.6) is 11.5 Å². The summed E-state index contributed by atoms with van der Waals surface area (Å²) in [5.74, 6) is 1.53. The molecule has 31 heavy (non-hydrogen) atoms. The lowest BCUT2D eigenvalue weighted by atomic mass is 10.2. The summed E-state index contributed by atoms with van der Waals surface area (Å²) in [6, 6.07) is 15.1. The van der Waals surface area contributed by atoms with E-state index in [1.807, 2.05) is 55.5 Å². The largest absolute Gasteiger partial charge is 0.494 e. The van der Waals surface area contributed by atoms with Crippen LogP contribution in [0.25, 0.3) is 5.69 Å². The molecule has 1 fully saturated rings. The fourth-order valence-electron chi connectivity index (χ4n) is 3.07. The summed E-state index contributed by atoms with van der Waals surface area (Å²) < 4.78 is 33.2. The van der Waals surface area contributed by atoms with Gasteiger partial charge in [0.25, 0.3) is 0 Å². The first-order chi connectivity index (χ1) is 15.2. The lowest BCUT2D eigenvalue weighted by Gasteiger charge is -2.16. The highest BCUT2D eigenvalue weighted by Crippen LogP contribution is 2.34. The number of nitrogens with one attached hydrogen (secondary N) is 1. The van der Waals surface area contributed by atoms with Gasteiger partial charge in [0.1, 0.15) is 34.5 Å². The maximum absolute atomic E-state index is 12.8. The Labute approximate surface area is 185 Å². The molecule has 0 bridgehead atoms. The zero-order valence-corrected chi connectivity index (χ0v) is 18.8. The number of ether oxygens (including phenoxy) is 3. The Hall–Kier alpha value is -2.91. The molecular weight excluding hydrogens is 416 g/mol. The molecule has 2 aromatic carbocycles. The van der Waals surface area contributed by atoms with Crippen molar-refractivity contribution in [2.75, 3.05) is 32.2 Å². The van der Waals surface area contributed by atoms with Crippen molar-refractivity contribution < 1.29 is 18.4 Å². The summed E-state index contributed by atoms with van der Waals surface area (Å²) in [6.07, 6.45) is 4.08. The van der Waals surface area contributed by atoms with Crippen LogP contribution in [0.4, 0.5) is 5.95 Å². The number of anilines is 1. The number of methoxy groups -OCH3 is 2. The van der Waals surface area contributed by atoms with Crippen molar-refractivity contribution in [3.05, 3.63) is 60.4 Å². The predicted octanol–water partition coefficient (Wildman–Crippen LogP) is 3.92. The first-order valence-electron chi connectivity index (χ1n) is 10.1. The Morgan fingerprint density at radius 3 is 2.23 bits per heavy atom. The predicted molar refractivity (Wildman–Crippen MR) is 121 cm³/mol. The maximum Gasteiger partial charge on any atom is 0.241 e. The standard InChI is InChI=1S/C18H20N4O3S.C4H8O/c1-13(14-8-5-4-6-9-14)26(23)21-18-20-19-12-22(18)17-15(24-2)10-7-11-16(17)25-3;1-2-4-5-3-1/h4-13H,1-3H3,(H,20,21);1-4H2. The van der Waals surface area contributed by atoms with E-state index in [1.54, 1.807) is 18.8 Å². The molecule has 1 aliphatic rings. The van der Waals surface area contributed by atoms with Gasteiger partial charge in [0, 0.05) is 13.2 Å². The Bertz CT molecular complexity index is 947. The summed E-state index contributed by atoms with van der Waals surface area (Å²) in [7, 11) is 1.75. The quantitative estimate of drug-likeness (QED) is 0.594. The van der Waals surface area contributed by atoms with Gasteiger partial charge in [-0.2, -0.15) is 0 Å². The molecule has 8 nitrogen and oxygen atoms in total. The van der Waals surface area contributed by atoms with Crippen LogP contribution >= 0.6 is 0 Å². The average Bonchev–Trinajstić information content (AvgIpc) is 3.54. The molecule has 4 rings (SSSR count). The van der Waals surface area contributed by atoms with Crippen molar-refractivity contribution in [1.82, 2.24) is 14.8 Å². The van der Waals surface area contributed by atoms with Crippen LogP contribution in [0, 0.1) is 0 Å². The summed E-state index contributed by atoms with van der Waals surface area (Å²) in [5.41, 5.74) is 1.61. The highest BCUT2D eigenvalue weighted by molar-refractivity contribution is 7.86. The molecule has 1 aliphatic heterocycles. The topological polar surface area (TPSA) is 87.5 Å². The van der Waals surface area contributed by atoms with Crippen LogP contribution in [-0.4, -0.2) is 46.4 Å². The van der Waals surface area contributed by atoms with E-state index < -0.39 is 11.0 Å². The average molecular weight is 445 g/mol. The molecule has 0 radical (unpaired) electrons. The smallest absolute Gasteiger partial charge is 0.241 e. The van der Waals surface area contributed by atoms with E-state index in [2.05, 4.69) is 14.9 Å². The molecule has 0 spiro atoms. The number of rotatable bonds is 7. The number of benzene rings is 2. The van der Waals surface area contributed by atoms with Crippen LogP contribution in [-0.2, 0) is 15.7 Å². The number of aromatic nitrogens is 3. The van der Waals surface area contributed by atoms with Crippen LogP contribution in [0.2, 0.25) is 0 Å². The Morgan fingerprint density at radius 2 is 1.68 bits per heavy atom. The molecule has 3 aromatic rings. The second-order valence-corrected chi connectivity index (χ2v) is 8.31. The van der Waals surface area contributed by atoms with Crippen molar-refractivity contribution >= 4 is 16.9 Å². The van der Waals surface area contributed by atoms with Gasteiger partial charge in [-0.3, -0.25) is 9.29 Å². The fraction of sp³-hybridized carbons (Fsp3) is 0.364. The summed E-state index contributed by atoms with van der Waals surface area (Å²) in [5, 5.41) is 7.78. The highest BCUT2D eigenvalue weighted by Gasteiger charge is 2.20. The summed E-state index contributed by atoms with van der Waals surface area (Å²) in [4.78, 5) is 0. The van der Waals surface area contributed by atoms with Gasteiger partial charge in [0.2, 0.25) is 5.95 Å². The van der Waals surface area contributed by atoms with Gasteiger partial charge in [0.05, 0.1) is 19.5 Å². The minimum atomic E-state index is -1.40. The van der Waals surface area contributed by atoms with Crippen LogP contribution in [0.3, 0.4) is 0 Å². The molecule has 1 N–H and O–H groups in total. The molecule has 1 saturated heterocycles. The van der Waals surface area contributed by atoms with Crippen LogP contribution in [0.1, 0.15) is 30.6 Å². The molecule has 9 heteroatoms. The Morgan fingerprint density at radius 1 is 1.03 bits per heavy atom. The molecule has 2 unspecified atom stereocenters. The zero-order chi connectivity index (χ0) is 22.1. The van der Waals surface area contributed by atoms with Gasteiger partial charge >= 0.3 is 0 Å². The van der Waals surface area contributed by atoms with Gasteiger partial charge in [-0.05, 0) is 37.5 Å². The first kappa shape index (κ1) is 22.8. The number of nitrogens with zero attached hydrogens (tertiary/aromatic N) is 3. The van der Waals surface area contributed by atoms with Gasteiger partial charge in [-0.25, -0.2) is 4.21 Å². The third-order valence-corrected chi connectivity index (χ3v) is 6.10. The van der Waals surface area contributed by atoms with E-state index in [0.29, 0.717) is 23.1 Å². The summed E-state index contributed by atoms with van der Waals surface area (Å²) in [6.45, 7) is 3.89. The van der Waals surface area contributed by atoms with Crippen molar-refractivity contribution in [1.29, 1.82) is 0 Å². The lowest BCUT2D eigenvalue weighted by molar-refractivity contribution is 0.198. The lowest BCUT2D eigenvalue weighted by Crippen LogP contribution is -2.15. The van der Waals surface area contributed by atoms with E-state index in [4.69, 9.17) is 14.2 Å². The number of hydrogen-bond donors (Lipinski definition) is 1. The first-order valence-corrected chi connectivity index (χ1v) is 11.3. The second kappa shape index (κ2) is 11.5. The van der Waals surface area contributed by atoms with E-state index in [1.165, 1.54) is 19.2 Å². The number of para-hydroxylation sites is 1. The van der Waals surface area contributed by atoms with Gasteiger partial charge < -0.3 is 14.2 Å². The van der Waals surface area contributed by atoms with Crippen molar-refractivity contribution in [2.24, 2.45) is 0 Å². The SMILES string of the molecule is C1CCOC1.COc1cccc(OC)c1-n1cnnc1NS(=O)C(C)c1ccccc1. The Kier molecular flexibility index (Phi) is 8.43. The van der Waals surface area contributed by atoms with Crippen molar-refractivity contribution in [3.8, 4) is 17.2 Å². The minimum Gasteiger partial charge on any atom is -0.494 e. The molecule has 0 aliphatic carbocycles. The number of hydrogen-bond acceptors (Lipinski definition) is 6. The third kappa shape index (κ3) is 5.83. The summed E-state index contributed by atoms with van der Waals surface area (Å²) >= 11 is 0. The van der Waals surface area contributed by atoms with E-state index in [-0.39, 0.29) is 5.25 Å². The molecule has 1 aromatic heterocycles. The molecule has 2 atom stereocenters. The molecule has 166 valence electrons. The monoisotopic (exact) mass is 444 g/mol. The maximum atomic E-state index is 12.8. The fourth-order valence-corrected chi connectivity index (χ4v) is 3.97. The molecule has 0 amide bonds. The van der Waals surface area contributed by atoms with Crippen LogP contribution < -0.4 is 14.2 Å². The normalized spacial score (nSPS) is 14.8. The molecule has 0 saturated carbocycles. The minimum absolute atomic E-state index is 0.221. The van der Waals surface area contributed by atoms with E-state index >= 15 is 0 Å². The second-order valence-electron chi connectivity index (χ2n) is 6.81. The van der Waals surface area contributed by atoms with E-state index in [0.717, 1.165) is 18.8 Å². The molecule has 2 heterocycles. The van der Waals surface area contributed by atoms with Crippen molar-refractivity contribution in [3.63, 3.8) is 0 Å².